The summed E-state index contributed by atoms with van der Waals surface area (Å²) in [7, 11) is 0. The van der Waals surface area contributed by atoms with Crippen LogP contribution < -0.4 is 16.0 Å². The van der Waals surface area contributed by atoms with Crippen molar-refractivity contribution < 1.29 is 19.1 Å². The standard InChI is InChI=1S/C17H23BrN4O4/c1-12-10-13(18)2-3-14(12)26-9-4-16(24)21-5-7-22(8-6-21)17(25)11-15(23)20-19/h2-3,10H,4-9,11,19H2,1H3,(H,20,23). The zero-order chi connectivity index (χ0) is 19.1. The number of halogens is 1. The van der Waals surface area contributed by atoms with Crippen LogP contribution in [0.3, 0.4) is 0 Å². The van der Waals surface area contributed by atoms with Crippen LogP contribution in [-0.2, 0) is 14.4 Å². The van der Waals surface area contributed by atoms with E-state index in [0.29, 0.717) is 32.8 Å². The molecule has 0 radical (unpaired) electrons. The van der Waals surface area contributed by atoms with Gasteiger partial charge in [-0.25, -0.2) is 5.84 Å². The van der Waals surface area contributed by atoms with Crippen molar-refractivity contribution in [3.05, 3.63) is 28.2 Å². The summed E-state index contributed by atoms with van der Waals surface area (Å²) < 4.78 is 6.66. The van der Waals surface area contributed by atoms with Crippen molar-refractivity contribution >= 4 is 33.7 Å². The highest BCUT2D eigenvalue weighted by atomic mass is 79.9. The Morgan fingerprint density at radius 2 is 1.77 bits per heavy atom. The molecule has 1 aliphatic heterocycles. The second-order valence-corrected chi connectivity index (χ2v) is 6.93. The van der Waals surface area contributed by atoms with Gasteiger partial charge < -0.3 is 14.5 Å². The lowest BCUT2D eigenvalue weighted by atomic mass is 10.2. The number of carbonyl (C=O) groups is 3. The molecule has 1 aromatic rings. The molecule has 9 heteroatoms. The first kappa shape index (κ1) is 20.2. The maximum absolute atomic E-state index is 12.3. The van der Waals surface area contributed by atoms with Gasteiger partial charge in [-0.2, -0.15) is 0 Å². The second-order valence-electron chi connectivity index (χ2n) is 6.01. The van der Waals surface area contributed by atoms with E-state index >= 15 is 0 Å². The summed E-state index contributed by atoms with van der Waals surface area (Å²) in [5, 5.41) is 0. The number of nitrogens with two attached hydrogens (primary N) is 1. The monoisotopic (exact) mass is 426 g/mol. The van der Waals surface area contributed by atoms with E-state index in [1.54, 1.807) is 9.80 Å². The van der Waals surface area contributed by atoms with Crippen LogP contribution in [0.5, 0.6) is 5.75 Å². The first-order valence-electron chi connectivity index (χ1n) is 8.34. The van der Waals surface area contributed by atoms with Crippen LogP contribution in [0.25, 0.3) is 0 Å². The normalized spacial score (nSPS) is 14.1. The number of amides is 3. The van der Waals surface area contributed by atoms with E-state index in [9.17, 15) is 14.4 Å². The summed E-state index contributed by atoms with van der Waals surface area (Å²) in [5.41, 5.74) is 2.94. The maximum Gasteiger partial charge on any atom is 0.243 e. The third-order valence-corrected chi connectivity index (χ3v) is 4.66. The second kappa shape index (κ2) is 9.54. The van der Waals surface area contributed by atoms with Crippen molar-refractivity contribution in [3.8, 4) is 5.75 Å². The molecule has 0 saturated carbocycles. The van der Waals surface area contributed by atoms with Crippen LogP contribution in [0, 0.1) is 6.92 Å². The van der Waals surface area contributed by atoms with E-state index < -0.39 is 5.91 Å². The third-order valence-electron chi connectivity index (χ3n) is 4.17. The molecule has 1 saturated heterocycles. The highest BCUT2D eigenvalue weighted by Gasteiger charge is 2.25. The molecule has 2 rings (SSSR count). The number of ether oxygens (including phenoxy) is 1. The van der Waals surface area contributed by atoms with Gasteiger partial charge in [-0.1, -0.05) is 15.9 Å². The minimum Gasteiger partial charge on any atom is -0.493 e. The van der Waals surface area contributed by atoms with E-state index in [1.807, 2.05) is 30.5 Å². The molecule has 1 heterocycles. The van der Waals surface area contributed by atoms with E-state index in [0.717, 1.165) is 15.8 Å². The Labute approximate surface area is 160 Å². The first-order valence-corrected chi connectivity index (χ1v) is 9.14. The van der Waals surface area contributed by atoms with Crippen LogP contribution >= 0.6 is 15.9 Å². The fourth-order valence-corrected chi connectivity index (χ4v) is 3.16. The highest BCUT2D eigenvalue weighted by molar-refractivity contribution is 9.10. The number of nitrogens with one attached hydrogen (secondary N) is 1. The zero-order valence-electron chi connectivity index (χ0n) is 14.7. The largest absolute Gasteiger partial charge is 0.493 e. The van der Waals surface area contributed by atoms with Crippen LogP contribution in [-0.4, -0.2) is 60.3 Å². The Bertz CT molecular complexity index is 675. The number of carbonyl (C=O) groups excluding carboxylic acids is 3. The van der Waals surface area contributed by atoms with Crippen molar-refractivity contribution in [1.82, 2.24) is 15.2 Å². The fourth-order valence-electron chi connectivity index (χ4n) is 2.69. The molecule has 1 aromatic carbocycles. The number of hydrogen-bond acceptors (Lipinski definition) is 5. The quantitative estimate of drug-likeness (QED) is 0.299. The van der Waals surface area contributed by atoms with Crippen LogP contribution in [0.1, 0.15) is 18.4 Å². The van der Waals surface area contributed by atoms with Gasteiger partial charge >= 0.3 is 0 Å². The molecule has 142 valence electrons. The molecule has 1 fully saturated rings. The molecule has 0 bridgehead atoms. The number of piperazine rings is 1. The summed E-state index contributed by atoms with van der Waals surface area (Å²) in [6, 6.07) is 5.72. The summed E-state index contributed by atoms with van der Waals surface area (Å²) >= 11 is 3.40. The van der Waals surface area contributed by atoms with Crippen molar-refractivity contribution in [3.63, 3.8) is 0 Å². The van der Waals surface area contributed by atoms with Gasteiger partial charge in [0, 0.05) is 30.7 Å². The van der Waals surface area contributed by atoms with Gasteiger partial charge in [-0.15, -0.1) is 0 Å². The Morgan fingerprint density at radius 1 is 1.15 bits per heavy atom. The average molecular weight is 427 g/mol. The van der Waals surface area contributed by atoms with E-state index in [2.05, 4.69) is 15.9 Å². The topological polar surface area (TPSA) is 105 Å². The predicted octanol–water partition coefficient (Wildman–Crippen LogP) is 0.577. The minimum absolute atomic E-state index is 0.00781. The zero-order valence-corrected chi connectivity index (χ0v) is 16.3. The molecule has 8 nitrogen and oxygen atoms in total. The summed E-state index contributed by atoms with van der Waals surface area (Å²) in [4.78, 5) is 38.6. The van der Waals surface area contributed by atoms with Gasteiger partial charge in [-0.3, -0.25) is 19.8 Å². The van der Waals surface area contributed by atoms with E-state index in [-0.39, 0.29) is 24.7 Å². The number of hydrazine groups is 1. The van der Waals surface area contributed by atoms with Crippen molar-refractivity contribution in [2.45, 2.75) is 19.8 Å². The van der Waals surface area contributed by atoms with Gasteiger partial charge in [0.2, 0.25) is 17.7 Å². The number of rotatable bonds is 6. The van der Waals surface area contributed by atoms with Crippen LogP contribution in [0.4, 0.5) is 0 Å². The molecular weight excluding hydrogens is 404 g/mol. The number of hydrogen-bond donors (Lipinski definition) is 2. The lowest BCUT2D eigenvalue weighted by molar-refractivity contribution is -0.142. The summed E-state index contributed by atoms with van der Waals surface area (Å²) in [5.74, 6) is 4.93. The fraction of sp³-hybridized carbons (Fsp3) is 0.471. The molecule has 3 amide bonds. The lowest BCUT2D eigenvalue weighted by Gasteiger charge is -2.34. The molecular formula is C17H23BrN4O4. The minimum atomic E-state index is -0.520. The first-order chi connectivity index (χ1) is 12.4. The Morgan fingerprint density at radius 3 is 2.35 bits per heavy atom. The van der Waals surface area contributed by atoms with Crippen LogP contribution in [0.2, 0.25) is 0 Å². The number of aryl methyl sites for hydroxylation is 1. The molecule has 0 unspecified atom stereocenters. The van der Waals surface area contributed by atoms with Crippen LogP contribution in [0.15, 0.2) is 22.7 Å². The smallest absolute Gasteiger partial charge is 0.243 e. The van der Waals surface area contributed by atoms with Gasteiger partial charge in [0.15, 0.2) is 0 Å². The molecule has 3 N–H and O–H groups in total. The van der Waals surface area contributed by atoms with Crippen molar-refractivity contribution in [2.75, 3.05) is 32.8 Å². The molecule has 26 heavy (non-hydrogen) atoms. The van der Waals surface area contributed by atoms with Gasteiger partial charge in [0.1, 0.15) is 12.2 Å². The maximum atomic E-state index is 12.3. The molecule has 0 atom stereocenters. The van der Waals surface area contributed by atoms with Gasteiger partial charge in [0.05, 0.1) is 13.0 Å². The van der Waals surface area contributed by atoms with E-state index in [4.69, 9.17) is 10.6 Å². The summed E-state index contributed by atoms with van der Waals surface area (Å²) in [6.45, 7) is 3.97. The van der Waals surface area contributed by atoms with Crippen molar-refractivity contribution in [1.29, 1.82) is 0 Å². The molecule has 0 spiro atoms. The lowest BCUT2D eigenvalue weighted by Crippen LogP contribution is -2.51. The SMILES string of the molecule is Cc1cc(Br)ccc1OCCC(=O)N1CCN(C(=O)CC(=O)NN)CC1. The van der Waals surface area contributed by atoms with Gasteiger partial charge in [-0.05, 0) is 30.7 Å². The molecule has 0 aromatic heterocycles. The highest BCUT2D eigenvalue weighted by Crippen LogP contribution is 2.22. The molecule has 0 aliphatic carbocycles. The van der Waals surface area contributed by atoms with Crippen molar-refractivity contribution in [2.24, 2.45) is 5.84 Å². The Kier molecular flexibility index (Phi) is 7.40. The van der Waals surface area contributed by atoms with Gasteiger partial charge in [0.25, 0.3) is 0 Å². The van der Waals surface area contributed by atoms with E-state index in [1.165, 1.54) is 0 Å². The Balaban J connectivity index is 1.72. The third kappa shape index (κ3) is 5.70. The Hall–Kier alpha value is -2.13. The number of nitrogens with zero attached hydrogens (tertiary/aromatic N) is 2. The summed E-state index contributed by atoms with van der Waals surface area (Å²) in [6.07, 6.45) is 0.00383. The average Bonchev–Trinajstić information content (AvgIpc) is 2.63. The molecule has 1 aliphatic rings. The number of benzene rings is 1. The predicted molar refractivity (Wildman–Crippen MR) is 99.1 cm³/mol.